The molecule has 0 saturated heterocycles. The van der Waals surface area contributed by atoms with Crippen molar-refractivity contribution >= 4 is 11.8 Å². The highest BCUT2D eigenvalue weighted by atomic mass is 19.4. The van der Waals surface area contributed by atoms with Gasteiger partial charge in [0.2, 0.25) is 0 Å². The molecule has 2 saturated carbocycles. The Morgan fingerprint density at radius 1 is 0.958 bits per heavy atom. The lowest BCUT2D eigenvalue weighted by Gasteiger charge is -2.26. The molecule has 24 heavy (non-hydrogen) atoms. The fourth-order valence-electron chi connectivity index (χ4n) is 4.09. The van der Waals surface area contributed by atoms with E-state index in [4.69, 9.17) is 0 Å². The predicted molar refractivity (Wildman–Crippen MR) is 80.7 cm³/mol. The van der Waals surface area contributed by atoms with Crippen LogP contribution in [0, 0.1) is 5.92 Å². The van der Waals surface area contributed by atoms with E-state index in [1.807, 2.05) is 6.07 Å². The molecule has 2 atom stereocenters. The Hall–Kier alpha value is -1.85. The molecule has 0 aromatic heterocycles. The molecular weight excluding hydrogens is 319 g/mol. The van der Waals surface area contributed by atoms with Crippen LogP contribution in [0.2, 0.25) is 0 Å². The standard InChI is InChI=1S/C18H18F3NO2/c19-18(20,21)12-5-6-13(9-12)22-16(23)14-7-4-11(10-2-1-3-10)8-15(14)17(22)24/h4,7-8,10,12-13H,1-3,5-6,9H2/t12-,13+/m1/s1. The second-order valence-corrected chi connectivity index (χ2v) is 7.12. The van der Waals surface area contributed by atoms with E-state index in [1.165, 1.54) is 6.42 Å². The van der Waals surface area contributed by atoms with Crippen molar-refractivity contribution < 1.29 is 22.8 Å². The van der Waals surface area contributed by atoms with Gasteiger partial charge in [-0.3, -0.25) is 14.5 Å². The third-order valence-electron chi connectivity index (χ3n) is 5.75. The number of alkyl halides is 3. The van der Waals surface area contributed by atoms with Crippen LogP contribution >= 0.6 is 0 Å². The van der Waals surface area contributed by atoms with E-state index < -0.39 is 30.0 Å². The maximum atomic E-state index is 12.9. The average molecular weight is 337 g/mol. The predicted octanol–water partition coefficient (Wildman–Crippen LogP) is 4.28. The number of halogens is 3. The van der Waals surface area contributed by atoms with E-state index in [0.29, 0.717) is 17.0 Å². The van der Waals surface area contributed by atoms with Crippen LogP contribution in [0.15, 0.2) is 18.2 Å². The number of hydrogen-bond acceptors (Lipinski definition) is 2. The van der Waals surface area contributed by atoms with Gasteiger partial charge in [0, 0.05) is 6.04 Å². The number of rotatable bonds is 2. The number of carbonyl (C=O) groups is 2. The lowest BCUT2D eigenvalue weighted by molar-refractivity contribution is -0.173. The van der Waals surface area contributed by atoms with Crippen LogP contribution in [0.3, 0.4) is 0 Å². The molecule has 2 aliphatic carbocycles. The number of nitrogens with zero attached hydrogens (tertiary/aromatic N) is 1. The second kappa shape index (κ2) is 5.33. The zero-order valence-corrected chi connectivity index (χ0v) is 13.1. The van der Waals surface area contributed by atoms with E-state index >= 15 is 0 Å². The minimum Gasteiger partial charge on any atom is -0.271 e. The van der Waals surface area contributed by atoms with E-state index in [-0.39, 0.29) is 19.3 Å². The van der Waals surface area contributed by atoms with Crippen molar-refractivity contribution in [3.05, 3.63) is 34.9 Å². The van der Waals surface area contributed by atoms with Crippen LogP contribution in [-0.2, 0) is 0 Å². The minimum atomic E-state index is -4.26. The van der Waals surface area contributed by atoms with E-state index in [1.54, 1.807) is 12.1 Å². The van der Waals surface area contributed by atoms with Crippen LogP contribution in [-0.4, -0.2) is 28.9 Å². The third kappa shape index (κ3) is 2.34. The summed E-state index contributed by atoms with van der Waals surface area (Å²) in [5, 5.41) is 0. The van der Waals surface area contributed by atoms with Crippen molar-refractivity contribution in [2.75, 3.05) is 0 Å². The average Bonchev–Trinajstić information content (AvgIpc) is 3.02. The lowest BCUT2D eigenvalue weighted by atomic mass is 9.79. The monoisotopic (exact) mass is 337 g/mol. The molecule has 0 N–H and O–H groups in total. The number of hydrogen-bond donors (Lipinski definition) is 0. The Kier molecular flexibility index (Phi) is 3.48. The van der Waals surface area contributed by atoms with Crippen LogP contribution in [0.4, 0.5) is 13.2 Å². The molecule has 0 bridgehead atoms. The molecule has 3 nitrogen and oxygen atoms in total. The highest BCUT2D eigenvalue weighted by Crippen LogP contribution is 2.43. The summed E-state index contributed by atoms with van der Waals surface area (Å²) in [6.07, 6.45) is -0.891. The Morgan fingerprint density at radius 3 is 2.25 bits per heavy atom. The van der Waals surface area contributed by atoms with Crippen molar-refractivity contribution in [2.45, 2.75) is 56.7 Å². The molecular formula is C18H18F3NO2. The summed E-state index contributed by atoms with van der Waals surface area (Å²) in [6, 6.07) is 4.68. The van der Waals surface area contributed by atoms with Gasteiger partial charge in [-0.1, -0.05) is 12.5 Å². The number of imide groups is 1. The molecule has 2 fully saturated rings. The Bertz CT molecular complexity index is 709. The van der Waals surface area contributed by atoms with Gasteiger partial charge in [0.25, 0.3) is 11.8 Å². The van der Waals surface area contributed by atoms with Crippen molar-refractivity contribution in [3.63, 3.8) is 0 Å². The quantitative estimate of drug-likeness (QED) is 0.755. The fraction of sp³-hybridized carbons (Fsp3) is 0.556. The Morgan fingerprint density at radius 2 is 1.67 bits per heavy atom. The summed E-state index contributed by atoms with van der Waals surface area (Å²) < 4.78 is 38.6. The molecule has 0 unspecified atom stereocenters. The van der Waals surface area contributed by atoms with Gasteiger partial charge >= 0.3 is 6.18 Å². The number of amides is 2. The fourth-order valence-corrected chi connectivity index (χ4v) is 4.09. The van der Waals surface area contributed by atoms with Crippen LogP contribution < -0.4 is 0 Å². The largest absolute Gasteiger partial charge is 0.391 e. The maximum Gasteiger partial charge on any atom is 0.391 e. The molecule has 1 heterocycles. The molecule has 128 valence electrons. The second-order valence-electron chi connectivity index (χ2n) is 7.12. The summed E-state index contributed by atoms with van der Waals surface area (Å²) in [4.78, 5) is 26.3. The van der Waals surface area contributed by atoms with E-state index in [9.17, 15) is 22.8 Å². The Labute approximate surface area is 137 Å². The van der Waals surface area contributed by atoms with Crippen molar-refractivity contribution in [1.82, 2.24) is 4.90 Å². The minimum absolute atomic E-state index is 0.0190. The van der Waals surface area contributed by atoms with Gasteiger partial charge in [0.1, 0.15) is 0 Å². The third-order valence-corrected chi connectivity index (χ3v) is 5.75. The highest BCUT2D eigenvalue weighted by Gasteiger charge is 2.49. The summed E-state index contributed by atoms with van der Waals surface area (Å²) in [5.41, 5.74) is 1.75. The number of fused-ring (bicyclic) bond motifs is 1. The molecule has 0 spiro atoms. The molecule has 0 radical (unpaired) electrons. The first-order valence-electron chi connectivity index (χ1n) is 8.45. The van der Waals surface area contributed by atoms with Gasteiger partial charge in [-0.15, -0.1) is 0 Å². The molecule has 1 aromatic rings. The zero-order chi connectivity index (χ0) is 17.1. The molecule has 3 aliphatic rings. The first-order valence-corrected chi connectivity index (χ1v) is 8.45. The molecule has 1 aromatic carbocycles. The molecule has 4 rings (SSSR count). The van der Waals surface area contributed by atoms with Gasteiger partial charge in [-0.25, -0.2) is 0 Å². The molecule has 6 heteroatoms. The summed E-state index contributed by atoms with van der Waals surface area (Å²) in [6.45, 7) is 0. The summed E-state index contributed by atoms with van der Waals surface area (Å²) in [7, 11) is 0. The van der Waals surface area contributed by atoms with Gasteiger partial charge in [0.05, 0.1) is 17.0 Å². The van der Waals surface area contributed by atoms with Crippen LogP contribution in [0.1, 0.15) is 70.7 Å². The van der Waals surface area contributed by atoms with Crippen LogP contribution in [0.5, 0.6) is 0 Å². The number of carbonyl (C=O) groups excluding carboxylic acids is 2. The van der Waals surface area contributed by atoms with E-state index in [0.717, 1.165) is 23.3 Å². The highest BCUT2D eigenvalue weighted by molar-refractivity contribution is 6.21. The first kappa shape index (κ1) is 15.7. The Balaban J connectivity index is 1.58. The normalized spacial score (nSPS) is 27.5. The van der Waals surface area contributed by atoms with Gasteiger partial charge in [-0.05, 0) is 55.7 Å². The number of benzene rings is 1. The molecule has 2 amide bonds. The van der Waals surface area contributed by atoms with Crippen molar-refractivity contribution in [2.24, 2.45) is 5.92 Å². The van der Waals surface area contributed by atoms with Crippen molar-refractivity contribution in [3.8, 4) is 0 Å². The first-order chi connectivity index (χ1) is 11.4. The van der Waals surface area contributed by atoms with Crippen molar-refractivity contribution in [1.29, 1.82) is 0 Å². The van der Waals surface area contributed by atoms with Gasteiger partial charge in [0.15, 0.2) is 0 Å². The van der Waals surface area contributed by atoms with Crippen LogP contribution in [0.25, 0.3) is 0 Å². The molecule has 1 aliphatic heterocycles. The van der Waals surface area contributed by atoms with Gasteiger partial charge in [-0.2, -0.15) is 13.2 Å². The topological polar surface area (TPSA) is 37.4 Å². The SMILES string of the molecule is O=C1c2ccc(C3CCC3)cc2C(=O)N1[C@H]1CC[C@@H](C(F)(F)F)C1. The van der Waals surface area contributed by atoms with Gasteiger partial charge < -0.3 is 0 Å². The summed E-state index contributed by atoms with van der Waals surface area (Å²) in [5.74, 6) is -1.85. The zero-order valence-electron chi connectivity index (χ0n) is 13.1. The van der Waals surface area contributed by atoms with E-state index in [2.05, 4.69) is 0 Å². The lowest BCUT2D eigenvalue weighted by Crippen LogP contribution is -2.39. The maximum absolute atomic E-state index is 12.9. The smallest absolute Gasteiger partial charge is 0.271 e. The summed E-state index contributed by atoms with van der Waals surface area (Å²) >= 11 is 0.